The van der Waals surface area contributed by atoms with E-state index in [1.54, 1.807) is 6.92 Å². The van der Waals surface area contributed by atoms with Crippen LogP contribution in [0, 0.1) is 24.1 Å². The standard InChI is InChI=1S/C32H30F7N3O4S/c1-17-10-21(33)4-5-23(17)28-27(24(14-40)29(47-28)42-8-6-22(7-9-42)46-16-26(44)45)41-15-25(43)30(2,3)18-11-19(31(34,35)36)13-20(12-18)32(37,38)39/h4-5,10-13,22,41H,6-9,15-16H2,1-3H3,(H,44,45). The van der Waals surface area contributed by atoms with Gasteiger partial charge in [0.15, 0.2) is 5.78 Å². The van der Waals surface area contributed by atoms with Crippen LogP contribution in [0.5, 0.6) is 0 Å². The van der Waals surface area contributed by atoms with Crippen LogP contribution in [0.1, 0.15) is 54.5 Å². The van der Waals surface area contributed by atoms with Gasteiger partial charge in [-0.15, -0.1) is 11.3 Å². The molecule has 3 aromatic rings. The molecule has 15 heteroatoms. The third kappa shape index (κ3) is 8.05. The molecule has 252 valence electrons. The molecule has 0 saturated carbocycles. The van der Waals surface area contributed by atoms with E-state index in [4.69, 9.17) is 9.84 Å². The Morgan fingerprint density at radius 3 is 2.11 bits per heavy atom. The molecule has 1 saturated heterocycles. The van der Waals surface area contributed by atoms with E-state index in [1.807, 2.05) is 4.90 Å². The smallest absolute Gasteiger partial charge is 0.416 e. The minimum absolute atomic E-state index is 0.00716. The van der Waals surface area contributed by atoms with E-state index >= 15 is 0 Å². The number of nitrogens with one attached hydrogen (secondary N) is 1. The molecule has 2 aromatic carbocycles. The Morgan fingerprint density at radius 2 is 1.60 bits per heavy atom. The van der Waals surface area contributed by atoms with Crippen LogP contribution in [-0.2, 0) is 32.1 Å². The highest BCUT2D eigenvalue weighted by molar-refractivity contribution is 7.20. The molecule has 0 radical (unpaired) electrons. The van der Waals surface area contributed by atoms with Gasteiger partial charge < -0.3 is 20.1 Å². The second-order valence-corrected chi connectivity index (χ2v) is 12.6. The summed E-state index contributed by atoms with van der Waals surface area (Å²) in [7, 11) is 0. The number of anilines is 2. The van der Waals surface area contributed by atoms with E-state index < -0.39 is 65.2 Å². The number of carbonyl (C=O) groups excluding carboxylic acids is 1. The summed E-state index contributed by atoms with van der Waals surface area (Å²) < 4.78 is 101. The van der Waals surface area contributed by atoms with Crippen LogP contribution < -0.4 is 10.2 Å². The molecule has 0 bridgehead atoms. The number of benzene rings is 2. The molecule has 1 fully saturated rings. The molecular formula is C32H30F7N3O4S. The van der Waals surface area contributed by atoms with Crippen LogP contribution in [0.15, 0.2) is 36.4 Å². The first-order valence-electron chi connectivity index (χ1n) is 14.3. The van der Waals surface area contributed by atoms with Gasteiger partial charge >= 0.3 is 18.3 Å². The fourth-order valence-electron chi connectivity index (χ4n) is 5.27. The number of rotatable bonds is 10. The van der Waals surface area contributed by atoms with E-state index in [1.165, 1.54) is 43.4 Å². The van der Waals surface area contributed by atoms with Gasteiger partial charge in [0.05, 0.1) is 39.8 Å². The van der Waals surface area contributed by atoms with Crippen molar-refractivity contribution < 1.29 is 50.2 Å². The second kappa shape index (κ2) is 13.5. The molecule has 0 amide bonds. The highest BCUT2D eigenvalue weighted by Crippen LogP contribution is 2.47. The van der Waals surface area contributed by atoms with Crippen molar-refractivity contribution in [3.63, 3.8) is 0 Å². The van der Waals surface area contributed by atoms with Crippen LogP contribution in [0.3, 0.4) is 0 Å². The van der Waals surface area contributed by atoms with Crippen molar-refractivity contribution in [3.8, 4) is 16.5 Å². The van der Waals surface area contributed by atoms with Crippen molar-refractivity contribution >= 4 is 33.8 Å². The van der Waals surface area contributed by atoms with Crippen LogP contribution in [-0.4, -0.2) is 49.2 Å². The molecular weight excluding hydrogens is 655 g/mol. The summed E-state index contributed by atoms with van der Waals surface area (Å²) in [6.07, 6.45) is -9.57. The van der Waals surface area contributed by atoms with Gasteiger partial charge in [-0.3, -0.25) is 4.79 Å². The summed E-state index contributed by atoms with van der Waals surface area (Å²) in [5.41, 5.74) is -3.99. The quantitative estimate of drug-likeness (QED) is 0.210. The third-order valence-electron chi connectivity index (χ3n) is 8.04. The van der Waals surface area contributed by atoms with Crippen LogP contribution >= 0.6 is 11.3 Å². The van der Waals surface area contributed by atoms with Gasteiger partial charge in [-0.25, -0.2) is 9.18 Å². The second-order valence-electron chi connectivity index (χ2n) is 11.6. The molecule has 0 unspecified atom stereocenters. The van der Waals surface area contributed by atoms with Crippen molar-refractivity contribution in [1.29, 1.82) is 5.26 Å². The molecule has 1 aromatic heterocycles. The van der Waals surface area contributed by atoms with Crippen molar-refractivity contribution in [3.05, 3.63) is 70.0 Å². The van der Waals surface area contributed by atoms with Crippen LogP contribution in [0.4, 0.5) is 41.4 Å². The summed E-state index contributed by atoms with van der Waals surface area (Å²) in [6, 6.07) is 7.19. The van der Waals surface area contributed by atoms with Gasteiger partial charge in [-0.05, 0) is 80.6 Å². The van der Waals surface area contributed by atoms with Crippen molar-refractivity contribution in [2.24, 2.45) is 0 Å². The number of carboxylic acids is 1. The van der Waals surface area contributed by atoms with Crippen molar-refractivity contribution in [1.82, 2.24) is 0 Å². The lowest BCUT2D eigenvalue weighted by Gasteiger charge is -2.32. The summed E-state index contributed by atoms with van der Waals surface area (Å²) in [4.78, 5) is 26.8. The number of thiophene rings is 1. The first kappa shape index (κ1) is 35.7. The van der Waals surface area contributed by atoms with Gasteiger partial charge in [0, 0.05) is 13.1 Å². The van der Waals surface area contributed by atoms with E-state index in [9.17, 15) is 45.6 Å². The van der Waals surface area contributed by atoms with Gasteiger partial charge in [0.2, 0.25) is 0 Å². The monoisotopic (exact) mass is 685 g/mol. The summed E-state index contributed by atoms with van der Waals surface area (Å²) in [6.45, 7) is 3.90. The minimum atomic E-state index is -5.10. The average Bonchev–Trinajstić information content (AvgIpc) is 3.35. The summed E-state index contributed by atoms with van der Waals surface area (Å²) >= 11 is 1.20. The molecule has 2 heterocycles. The molecule has 47 heavy (non-hydrogen) atoms. The average molecular weight is 686 g/mol. The fourth-order valence-corrected chi connectivity index (χ4v) is 6.64. The summed E-state index contributed by atoms with van der Waals surface area (Å²) in [5, 5.41) is 22.6. The predicted octanol–water partition coefficient (Wildman–Crippen LogP) is 7.80. The Morgan fingerprint density at radius 1 is 1.02 bits per heavy atom. The lowest BCUT2D eigenvalue weighted by molar-refractivity contribution is -0.145. The first-order valence-corrected chi connectivity index (χ1v) is 15.1. The number of nitriles is 1. The maximum atomic E-state index is 14.0. The molecule has 1 aliphatic rings. The Balaban J connectivity index is 1.69. The first-order chi connectivity index (χ1) is 21.8. The number of hydrogen-bond acceptors (Lipinski definition) is 7. The Hall–Kier alpha value is -4.16. The Bertz CT molecular complexity index is 1670. The van der Waals surface area contributed by atoms with Gasteiger partial charge in [0.1, 0.15) is 29.1 Å². The zero-order chi connectivity index (χ0) is 34.9. The highest BCUT2D eigenvalue weighted by atomic mass is 32.1. The van der Waals surface area contributed by atoms with E-state index in [-0.39, 0.29) is 23.4 Å². The third-order valence-corrected chi connectivity index (χ3v) is 9.32. The summed E-state index contributed by atoms with van der Waals surface area (Å²) in [5.74, 6) is -2.35. The molecule has 0 spiro atoms. The topological polar surface area (TPSA) is 103 Å². The number of halogens is 7. The van der Waals surface area contributed by atoms with Crippen molar-refractivity contribution in [2.45, 2.75) is 57.5 Å². The minimum Gasteiger partial charge on any atom is -0.480 e. The largest absolute Gasteiger partial charge is 0.480 e. The number of aryl methyl sites for hydroxylation is 1. The maximum Gasteiger partial charge on any atom is 0.416 e. The van der Waals surface area contributed by atoms with Crippen molar-refractivity contribution in [2.75, 3.05) is 36.5 Å². The number of alkyl halides is 6. The predicted molar refractivity (Wildman–Crippen MR) is 161 cm³/mol. The molecule has 2 N–H and O–H groups in total. The maximum absolute atomic E-state index is 14.0. The number of aliphatic carboxylic acids is 1. The van der Waals surface area contributed by atoms with E-state index in [2.05, 4.69) is 11.4 Å². The number of piperidine rings is 1. The number of nitrogens with zero attached hydrogens (tertiary/aromatic N) is 2. The lowest BCUT2D eigenvalue weighted by atomic mass is 9.79. The number of carbonyl (C=O) groups is 2. The molecule has 1 aliphatic heterocycles. The normalized spacial score (nSPS) is 14.6. The SMILES string of the molecule is Cc1cc(F)ccc1-c1sc(N2CCC(OCC(=O)O)CC2)c(C#N)c1NCC(=O)C(C)(C)c1cc(C(F)(F)F)cc(C(F)(F)F)c1. The highest BCUT2D eigenvalue weighted by Gasteiger charge is 2.40. The Kier molecular flexibility index (Phi) is 10.3. The van der Waals surface area contributed by atoms with Crippen LogP contribution in [0.25, 0.3) is 10.4 Å². The number of ketones is 1. The number of Topliss-reactive ketones (excluding diaryl/α,β-unsaturated/α-hetero) is 1. The number of ether oxygens (including phenoxy) is 1. The Labute approximate surface area is 269 Å². The van der Waals surface area contributed by atoms with E-state index in [0.717, 1.165) is 0 Å². The molecule has 0 aliphatic carbocycles. The zero-order valence-electron chi connectivity index (χ0n) is 25.4. The van der Waals surface area contributed by atoms with Gasteiger partial charge in [-0.1, -0.05) is 6.07 Å². The fraction of sp³-hybridized carbons (Fsp3) is 0.406. The van der Waals surface area contributed by atoms with Crippen LogP contribution in [0.2, 0.25) is 0 Å². The molecule has 4 rings (SSSR count). The van der Waals surface area contributed by atoms with E-state index in [0.29, 0.717) is 59.1 Å². The van der Waals surface area contributed by atoms with Gasteiger partial charge in [0.25, 0.3) is 0 Å². The molecule has 0 atom stereocenters. The lowest BCUT2D eigenvalue weighted by Crippen LogP contribution is -2.37. The number of carboxylic acid groups (broad SMARTS) is 1. The van der Waals surface area contributed by atoms with Gasteiger partial charge in [-0.2, -0.15) is 31.6 Å². The zero-order valence-corrected chi connectivity index (χ0v) is 26.2. The number of hydrogen-bond donors (Lipinski definition) is 2. The molecule has 7 nitrogen and oxygen atoms in total.